The van der Waals surface area contributed by atoms with E-state index in [4.69, 9.17) is 0 Å². The number of hydrogen-bond donors (Lipinski definition) is 0. The van der Waals surface area contributed by atoms with Crippen LogP contribution in [-0.4, -0.2) is 35.3 Å². The SMILES string of the molecule is CCC(=O)CC(=O)[O-].CCC(=O)CC(=O)[O-].CCC(=O)CC(=O)[O-].[CH3-].[CH3-].[CH3-].[Pt+2].[Pt+4]. The minimum atomic E-state index is -1.29. The van der Waals surface area contributed by atoms with Crippen molar-refractivity contribution in [2.24, 2.45) is 0 Å². The Balaban J connectivity index is -0.0000000350. The molecule has 0 aliphatic rings. The fraction of sp³-hybridized carbons (Fsp3) is 0.500. The maximum absolute atomic E-state index is 10.2. The summed E-state index contributed by atoms with van der Waals surface area (Å²) in [6.07, 6.45) is -0.528. The summed E-state index contributed by atoms with van der Waals surface area (Å²) < 4.78 is 0. The molecule has 0 unspecified atom stereocenters. The summed E-state index contributed by atoms with van der Waals surface area (Å²) in [6, 6.07) is 0. The van der Waals surface area contributed by atoms with Gasteiger partial charge in [-0.15, -0.1) is 0 Å². The van der Waals surface area contributed by atoms with Crippen LogP contribution in [0, 0.1) is 22.3 Å². The van der Waals surface area contributed by atoms with Crippen molar-refractivity contribution >= 4 is 35.3 Å². The fourth-order valence-corrected chi connectivity index (χ4v) is 0.858. The molecule has 0 aliphatic carbocycles. The first-order valence-electron chi connectivity index (χ1n) is 7.14. The third-order valence-corrected chi connectivity index (χ3v) is 2.21. The standard InChI is InChI=1S/3C5H8O3.3CH3.2Pt/c3*1-2-4(6)3-5(7)8;;;;;/h3*2-3H2,1H3,(H,7,8);3*1H3;;/q;;;3*-1;+2;+4/p-3. The van der Waals surface area contributed by atoms with Crippen LogP contribution in [0.4, 0.5) is 0 Å². The van der Waals surface area contributed by atoms with Gasteiger partial charge in [-0.1, -0.05) is 20.8 Å². The molecule has 0 aromatic rings. The molecule has 0 aliphatic heterocycles. The zero-order valence-corrected chi connectivity index (χ0v) is 22.1. The molecule has 0 spiro atoms. The van der Waals surface area contributed by atoms with E-state index in [0.717, 1.165) is 0 Å². The molecule has 0 rings (SSSR count). The molecule has 0 amide bonds. The molecular weight excluding hydrogens is 750 g/mol. The first-order chi connectivity index (χ1) is 11.0. The third-order valence-electron chi connectivity index (χ3n) is 2.21. The van der Waals surface area contributed by atoms with Crippen molar-refractivity contribution in [1.82, 2.24) is 0 Å². The maximum atomic E-state index is 10.2. The van der Waals surface area contributed by atoms with Gasteiger partial charge in [0.15, 0.2) is 0 Å². The second kappa shape index (κ2) is 34.3. The summed E-state index contributed by atoms with van der Waals surface area (Å²) in [4.78, 5) is 59.5. The minimum absolute atomic E-state index is 0. The Morgan fingerprint density at radius 1 is 0.517 bits per heavy atom. The second-order valence-corrected chi connectivity index (χ2v) is 4.32. The molecule has 9 nitrogen and oxygen atoms in total. The monoisotopic (exact) mass is 780 g/mol. The number of aliphatic carboxylic acids is 3. The molecule has 0 saturated heterocycles. The number of Topliss-reactive ketones (excluding diaryl/α,β-unsaturated/α-hetero) is 3. The van der Waals surface area contributed by atoms with Crippen molar-refractivity contribution < 1.29 is 86.2 Å². The van der Waals surface area contributed by atoms with Gasteiger partial charge < -0.3 is 52.0 Å². The van der Waals surface area contributed by atoms with Crippen molar-refractivity contribution in [2.75, 3.05) is 0 Å². The minimum Gasteiger partial charge on any atom is -0.550 e. The van der Waals surface area contributed by atoms with Crippen molar-refractivity contribution in [3.63, 3.8) is 0 Å². The van der Waals surface area contributed by atoms with Gasteiger partial charge >= 0.3 is 42.1 Å². The predicted octanol–water partition coefficient (Wildman–Crippen LogP) is -1.34. The van der Waals surface area contributed by atoms with Gasteiger partial charge in [0.2, 0.25) is 0 Å². The second-order valence-electron chi connectivity index (χ2n) is 4.32. The molecule has 0 fully saturated rings. The third kappa shape index (κ3) is 58.4. The molecular formula is C18H30O9Pt2. The van der Waals surface area contributed by atoms with E-state index < -0.39 is 37.2 Å². The van der Waals surface area contributed by atoms with Crippen LogP contribution in [0.3, 0.4) is 0 Å². The number of carbonyl (C=O) groups is 6. The summed E-state index contributed by atoms with van der Waals surface area (Å²) in [7, 11) is 0. The van der Waals surface area contributed by atoms with Crippen LogP contribution in [-0.2, 0) is 70.9 Å². The Hall–Kier alpha value is -1.20. The fourth-order valence-electron chi connectivity index (χ4n) is 0.858. The van der Waals surface area contributed by atoms with Crippen LogP contribution < -0.4 is 15.3 Å². The molecule has 0 bridgehead atoms. The Morgan fingerprint density at radius 2 is 0.655 bits per heavy atom. The number of carboxylic acid groups (broad SMARTS) is 3. The summed E-state index contributed by atoms with van der Waals surface area (Å²) in [6.45, 7) is 4.85. The summed E-state index contributed by atoms with van der Waals surface area (Å²) in [5.74, 6) is -4.74. The van der Waals surface area contributed by atoms with E-state index in [1.165, 1.54) is 0 Å². The summed E-state index contributed by atoms with van der Waals surface area (Å²) in [5.41, 5.74) is 0. The maximum Gasteiger partial charge on any atom is 4.00 e. The molecule has 0 heterocycles. The van der Waals surface area contributed by atoms with Crippen LogP contribution >= 0.6 is 0 Å². The molecule has 0 aromatic heterocycles. The first-order valence-corrected chi connectivity index (χ1v) is 7.14. The smallest absolute Gasteiger partial charge is 0.550 e. The Bertz CT molecular complexity index is 398. The van der Waals surface area contributed by atoms with Crippen molar-refractivity contribution in [1.29, 1.82) is 0 Å². The molecule has 176 valence electrons. The number of ketones is 3. The number of carbonyl (C=O) groups excluding carboxylic acids is 6. The van der Waals surface area contributed by atoms with Gasteiger partial charge in [-0.25, -0.2) is 0 Å². The van der Waals surface area contributed by atoms with Gasteiger partial charge in [-0.05, 0) is 0 Å². The topological polar surface area (TPSA) is 172 Å². The molecule has 0 atom stereocenters. The molecule has 0 radical (unpaired) electrons. The average Bonchev–Trinajstić information content (AvgIpc) is 2.46. The zero-order valence-electron chi connectivity index (χ0n) is 17.5. The van der Waals surface area contributed by atoms with Crippen molar-refractivity contribution in [3.8, 4) is 0 Å². The van der Waals surface area contributed by atoms with E-state index >= 15 is 0 Å². The molecule has 29 heavy (non-hydrogen) atoms. The van der Waals surface area contributed by atoms with E-state index in [9.17, 15) is 44.1 Å². The van der Waals surface area contributed by atoms with Gasteiger partial charge in [0.25, 0.3) is 0 Å². The Morgan fingerprint density at radius 3 is 0.690 bits per heavy atom. The zero-order chi connectivity index (χ0) is 19.7. The number of hydrogen-bond acceptors (Lipinski definition) is 9. The molecule has 11 heteroatoms. The largest absolute Gasteiger partial charge is 4.00 e. The van der Waals surface area contributed by atoms with Gasteiger partial charge in [0, 0.05) is 56.4 Å². The van der Waals surface area contributed by atoms with E-state index in [-0.39, 0.29) is 101 Å². The van der Waals surface area contributed by atoms with Crippen LogP contribution in [0.5, 0.6) is 0 Å². The van der Waals surface area contributed by atoms with E-state index in [1.807, 2.05) is 0 Å². The van der Waals surface area contributed by atoms with E-state index in [0.29, 0.717) is 0 Å². The van der Waals surface area contributed by atoms with E-state index in [1.54, 1.807) is 20.8 Å². The van der Waals surface area contributed by atoms with Crippen LogP contribution in [0.25, 0.3) is 0 Å². The van der Waals surface area contributed by atoms with Crippen LogP contribution in [0.15, 0.2) is 0 Å². The van der Waals surface area contributed by atoms with Crippen molar-refractivity contribution in [2.45, 2.75) is 59.3 Å². The van der Waals surface area contributed by atoms with Gasteiger partial charge in [-0.2, -0.15) is 0 Å². The average molecular weight is 781 g/mol. The Kier molecular flexibility index (Phi) is 60.3. The van der Waals surface area contributed by atoms with E-state index in [2.05, 4.69) is 0 Å². The van der Waals surface area contributed by atoms with Crippen molar-refractivity contribution in [3.05, 3.63) is 22.3 Å². The normalized spacial score (nSPS) is 7.14. The Labute approximate surface area is 202 Å². The van der Waals surface area contributed by atoms with Crippen LogP contribution in [0.1, 0.15) is 59.3 Å². The summed E-state index contributed by atoms with van der Waals surface area (Å²) in [5, 5.41) is 28.9. The van der Waals surface area contributed by atoms with Gasteiger partial charge in [0.05, 0.1) is 0 Å². The molecule has 0 saturated carbocycles. The number of rotatable bonds is 9. The predicted molar refractivity (Wildman–Crippen MR) is 94.0 cm³/mol. The van der Waals surface area contributed by atoms with Gasteiger partial charge in [0.1, 0.15) is 17.3 Å². The quantitative estimate of drug-likeness (QED) is 0.203. The van der Waals surface area contributed by atoms with Gasteiger partial charge in [-0.3, -0.25) is 14.4 Å². The first kappa shape index (κ1) is 50.9. The molecule has 0 N–H and O–H groups in total. The number of carboxylic acids is 3. The van der Waals surface area contributed by atoms with Crippen LogP contribution in [0.2, 0.25) is 0 Å². The molecule has 0 aromatic carbocycles. The summed E-state index contributed by atoms with van der Waals surface area (Å²) >= 11 is 0.